The van der Waals surface area contributed by atoms with Crippen LogP contribution in [0, 0.1) is 0 Å². The maximum atomic E-state index is 11.7. The lowest BCUT2D eigenvalue weighted by Crippen LogP contribution is -2.47. The Morgan fingerprint density at radius 2 is 2.12 bits per heavy atom. The molecule has 6 heteroatoms. The number of ether oxygens (including phenoxy) is 1. The first-order valence-corrected chi connectivity index (χ1v) is 5.61. The van der Waals surface area contributed by atoms with Gasteiger partial charge in [0.25, 0.3) is 5.91 Å². The normalized spacial score (nSPS) is 16.1. The summed E-state index contributed by atoms with van der Waals surface area (Å²) in [7, 11) is 1.48. The van der Waals surface area contributed by atoms with E-state index in [1.54, 1.807) is 26.8 Å². The molecule has 0 spiro atoms. The number of hydrogen-bond donors (Lipinski definition) is 0. The van der Waals surface area contributed by atoms with Gasteiger partial charge in [0.2, 0.25) is 0 Å². The van der Waals surface area contributed by atoms with Gasteiger partial charge in [-0.1, -0.05) is 12.2 Å². The van der Waals surface area contributed by atoms with Crippen LogP contribution in [-0.4, -0.2) is 39.5 Å². The van der Waals surface area contributed by atoms with Crippen molar-refractivity contribution in [2.75, 3.05) is 7.05 Å². The lowest BCUT2D eigenvalue weighted by atomic mass is 10.2. The molecule has 0 radical (unpaired) electrons. The molecule has 0 fully saturated rings. The van der Waals surface area contributed by atoms with E-state index < -0.39 is 11.7 Å². The van der Waals surface area contributed by atoms with Gasteiger partial charge in [-0.25, -0.2) is 14.8 Å². The first-order chi connectivity index (χ1) is 7.70. The number of thiocarbonyl (C=S) groups is 1. The lowest BCUT2D eigenvalue weighted by molar-refractivity contribution is -0.138. The first kappa shape index (κ1) is 13.6. The highest BCUT2D eigenvalue weighted by Gasteiger charge is 2.27. The van der Waals surface area contributed by atoms with Gasteiger partial charge in [-0.3, -0.25) is 4.79 Å². The molecule has 1 aliphatic rings. The second kappa shape index (κ2) is 4.83. The SMILES string of the molecule is CN(C(=O)OC(C)(C)C)N1C=CC(=S)CC1=O. The molecule has 94 valence electrons. The molecular formula is C11H16N2O3S. The fraction of sp³-hybridized carbons (Fsp3) is 0.545. The summed E-state index contributed by atoms with van der Waals surface area (Å²) >= 11 is 4.91. The van der Waals surface area contributed by atoms with Crippen LogP contribution < -0.4 is 0 Å². The number of hydrogen-bond acceptors (Lipinski definition) is 4. The summed E-state index contributed by atoms with van der Waals surface area (Å²) < 4.78 is 5.15. The molecule has 0 aromatic rings. The van der Waals surface area contributed by atoms with Crippen LogP contribution in [0.25, 0.3) is 0 Å². The van der Waals surface area contributed by atoms with Crippen LogP contribution in [-0.2, 0) is 9.53 Å². The predicted molar refractivity (Wildman–Crippen MR) is 67.2 cm³/mol. The molecule has 0 atom stereocenters. The maximum absolute atomic E-state index is 11.7. The number of rotatable bonds is 1. The van der Waals surface area contributed by atoms with Crippen LogP contribution in [0.4, 0.5) is 4.79 Å². The summed E-state index contributed by atoms with van der Waals surface area (Å²) in [6, 6.07) is 0. The zero-order valence-corrected chi connectivity index (χ0v) is 11.2. The van der Waals surface area contributed by atoms with Gasteiger partial charge in [0.15, 0.2) is 0 Å². The summed E-state index contributed by atoms with van der Waals surface area (Å²) in [4.78, 5) is 23.9. The van der Waals surface area contributed by atoms with Crippen molar-refractivity contribution in [3.8, 4) is 0 Å². The second-order valence-corrected chi connectivity index (χ2v) is 5.23. The zero-order valence-electron chi connectivity index (χ0n) is 10.4. The van der Waals surface area contributed by atoms with Crippen molar-refractivity contribution in [2.45, 2.75) is 32.8 Å². The molecule has 0 aromatic heterocycles. The van der Waals surface area contributed by atoms with Crippen LogP contribution in [0.1, 0.15) is 27.2 Å². The average Bonchev–Trinajstić information content (AvgIpc) is 2.14. The summed E-state index contributed by atoms with van der Waals surface area (Å²) in [6.07, 6.45) is 2.65. The number of hydrazine groups is 1. The van der Waals surface area contributed by atoms with Gasteiger partial charge in [-0.2, -0.15) is 0 Å². The zero-order chi connectivity index (χ0) is 13.2. The van der Waals surface area contributed by atoms with Crippen LogP contribution in [0.5, 0.6) is 0 Å². The largest absolute Gasteiger partial charge is 0.442 e. The van der Waals surface area contributed by atoms with Gasteiger partial charge in [0.05, 0.1) is 6.42 Å². The van der Waals surface area contributed by atoms with Crippen molar-refractivity contribution in [3.05, 3.63) is 12.3 Å². The third-order valence-corrected chi connectivity index (χ3v) is 2.24. The van der Waals surface area contributed by atoms with E-state index in [-0.39, 0.29) is 12.3 Å². The maximum Gasteiger partial charge on any atom is 0.429 e. The van der Waals surface area contributed by atoms with E-state index in [2.05, 4.69) is 0 Å². The Morgan fingerprint density at radius 3 is 2.59 bits per heavy atom. The fourth-order valence-corrected chi connectivity index (χ4v) is 1.39. The molecule has 0 saturated heterocycles. The van der Waals surface area contributed by atoms with Crippen molar-refractivity contribution in [3.63, 3.8) is 0 Å². The standard InChI is InChI=1S/C11H16N2O3S/c1-11(2,3)16-10(15)12(4)13-6-5-8(17)7-9(13)14/h5-6H,7H2,1-4H3. The Labute approximate surface area is 106 Å². The number of nitrogens with zero attached hydrogens (tertiary/aromatic N) is 2. The highest BCUT2D eigenvalue weighted by Crippen LogP contribution is 2.13. The molecule has 0 unspecified atom stereocenters. The van der Waals surface area contributed by atoms with E-state index in [4.69, 9.17) is 17.0 Å². The summed E-state index contributed by atoms with van der Waals surface area (Å²) in [6.45, 7) is 5.30. The molecule has 5 nitrogen and oxygen atoms in total. The van der Waals surface area contributed by atoms with Gasteiger partial charge in [0, 0.05) is 18.1 Å². The van der Waals surface area contributed by atoms with E-state index in [0.29, 0.717) is 4.86 Å². The number of amides is 2. The van der Waals surface area contributed by atoms with Crippen molar-refractivity contribution < 1.29 is 14.3 Å². The van der Waals surface area contributed by atoms with Gasteiger partial charge >= 0.3 is 6.09 Å². The molecule has 17 heavy (non-hydrogen) atoms. The Balaban J connectivity index is 2.73. The van der Waals surface area contributed by atoms with Crippen molar-refractivity contribution in [1.82, 2.24) is 10.0 Å². The molecule has 0 saturated carbocycles. The average molecular weight is 256 g/mol. The molecule has 2 amide bonds. The van der Waals surface area contributed by atoms with Crippen LogP contribution in [0.3, 0.4) is 0 Å². The quantitative estimate of drug-likeness (QED) is 0.672. The Bertz CT molecular complexity index is 385. The van der Waals surface area contributed by atoms with E-state index >= 15 is 0 Å². The molecule has 0 aromatic carbocycles. The number of carbonyl (C=O) groups excluding carboxylic acids is 2. The topological polar surface area (TPSA) is 49.9 Å². The van der Waals surface area contributed by atoms with Gasteiger partial charge in [-0.15, -0.1) is 0 Å². The minimum atomic E-state index is -0.594. The number of allylic oxidation sites excluding steroid dienone is 1. The molecule has 0 bridgehead atoms. The van der Waals surface area contributed by atoms with Crippen LogP contribution in [0.15, 0.2) is 12.3 Å². The van der Waals surface area contributed by atoms with Crippen molar-refractivity contribution in [1.29, 1.82) is 0 Å². The minimum absolute atomic E-state index is 0.138. The Hall–Kier alpha value is -1.43. The van der Waals surface area contributed by atoms with E-state index in [0.717, 1.165) is 5.01 Å². The molecule has 1 rings (SSSR count). The molecule has 1 heterocycles. The van der Waals surface area contributed by atoms with E-state index in [9.17, 15) is 9.59 Å². The van der Waals surface area contributed by atoms with Crippen molar-refractivity contribution in [2.24, 2.45) is 0 Å². The summed E-state index contributed by atoms with van der Waals surface area (Å²) in [5, 5.41) is 2.33. The summed E-state index contributed by atoms with van der Waals surface area (Å²) in [5.41, 5.74) is -0.594. The highest BCUT2D eigenvalue weighted by atomic mass is 32.1. The van der Waals surface area contributed by atoms with Gasteiger partial charge in [-0.05, 0) is 26.8 Å². The van der Waals surface area contributed by atoms with Gasteiger partial charge < -0.3 is 4.74 Å². The van der Waals surface area contributed by atoms with Crippen LogP contribution in [0.2, 0.25) is 0 Å². The molecule has 0 aliphatic carbocycles. The van der Waals surface area contributed by atoms with Crippen LogP contribution >= 0.6 is 12.2 Å². The Kier molecular flexibility index (Phi) is 3.87. The summed E-state index contributed by atoms with van der Waals surface area (Å²) in [5.74, 6) is -0.245. The smallest absolute Gasteiger partial charge is 0.429 e. The molecular weight excluding hydrogens is 240 g/mol. The minimum Gasteiger partial charge on any atom is -0.442 e. The lowest BCUT2D eigenvalue weighted by Gasteiger charge is -2.32. The van der Waals surface area contributed by atoms with E-state index in [1.807, 2.05) is 0 Å². The fourth-order valence-electron chi connectivity index (χ4n) is 1.21. The highest BCUT2D eigenvalue weighted by molar-refractivity contribution is 7.80. The second-order valence-electron chi connectivity index (χ2n) is 4.70. The molecule has 1 aliphatic heterocycles. The number of carbonyl (C=O) groups is 2. The van der Waals surface area contributed by atoms with Gasteiger partial charge in [0.1, 0.15) is 5.60 Å². The Morgan fingerprint density at radius 1 is 1.53 bits per heavy atom. The van der Waals surface area contributed by atoms with Crippen molar-refractivity contribution >= 4 is 29.1 Å². The molecule has 0 N–H and O–H groups in total. The third kappa shape index (κ3) is 3.81. The third-order valence-electron chi connectivity index (χ3n) is 1.96. The first-order valence-electron chi connectivity index (χ1n) is 5.20. The predicted octanol–water partition coefficient (Wildman–Crippen LogP) is 1.88. The van der Waals surface area contributed by atoms with E-state index in [1.165, 1.54) is 18.3 Å². The monoisotopic (exact) mass is 256 g/mol.